The topological polar surface area (TPSA) is 12.0 Å². The average molecular weight is 343 g/mol. The minimum absolute atomic E-state index is 0.683. The standard InChI is InChI=1S/C15H22IN/c1-2-17-15(13-5-3-4-6-13)11-12-7-9-14(16)10-8-12/h7-10,13,15,17H,2-6,11H2,1H3. The molecule has 0 amide bonds. The lowest BCUT2D eigenvalue weighted by Crippen LogP contribution is -2.36. The van der Waals surface area contributed by atoms with Gasteiger partial charge in [-0.25, -0.2) is 0 Å². The van der Waals surface area contributed by atoms with E-state index >= 15 is 0 Å². The van der Waals surface area contributed by atoms with Crippen molar-refractivity contribution in [3.63, 3.8) is 0 Å². The molecule has 0 heterocycles. The van der Waals surface area contributed by atoms with Crippen molar-refractivity contribution in [2.24, 2.45) is 5.92 Å². The zero-order chi connectivity index (χ0) is 12.1. The first kappa shape index (κ1) is 13.3. The molecule has 1 nitrogen and oxygen atoms in total. The van der Waals surface area contributed by atoms with Gasteiger partial charge in [0.2, 0.25) is 0 Å². The molecule has 1 aromatic carbocycles. The molecule has 0 bridgehead atoms. The van der Waals surface area contributed by atoms with Crippen molar-refractivity contribution in [3.05, 3.63) is 33.4 Å². The van der Waals surface area contributed by atoms with Gasteiger partial charge in [0.15, 0.2) is 0 Å². The molecule has 17 heavy (non-hydrogen) atoms. The van der Waals surface area contributed by atoms with E-state index in [0.717, 1.165) is 12.5 Å². The maximum atomic E-state index is 3.69. The lowest BCUT2D eigenvalue weighted by Gasteiger charge is -2.24. The van der Waals surface area contributed by atoms with Gasteiger partial charge in [0.25, 0.3) is 0 Å². The Morgan fingerprint density at radius 3 is 2.47 bits per heavy atom. The molecule has 0 saturated heterocycles. The van der Waals surface area contributed by atoms with Crippen LogP contribution in [0, 0.1) is 9.49 Å². The largest absolute Gasteiger partial charge is 0.314 e. The predicted octanol–water partition coefficient (Wildman–Crippen LogP) is 4.00. The molecule has 0 aliphatic heterocycles. The average Bonchev–Trinajstić information content (AvgIpc) is 2.85. The third kappa shape index (κ3) is 3.95. The van der Waals surface area contributed by atoms with Gasteiger partial charge >= 0.3 is 0 Å². The van der Waals surface area contributed by atoms with Gasteiger partial charge in [0.05, 0.1) is 0 Å². The van der Waals surface area contributed by atoms with Crippen LogP contribution in [-0.4, -0.2) is 12.6 Å². The van der Waals surface area contributed by atoms with E-state index in [2.05, 4.69) is 59.1 Å². The van der Waals surface area contributed by atoms with Gasteiger partial charge in [0, 0.05) is 9.61 Å². The zero-order valence-electron chi connectivity index (χ0n) is 10.6. The molecule has 94 valence electrons. The summed E-state index contributed by atoms with van der Waals surface area (Å²) in [6.07, 6.45) is 6.89. The summed E-state index contributed by atoms with van der Waals surface area (Å²) in [6.45, 7) is 3.31. The Morgan fingerprint density at radius 1 is 1.24 bits per heavy atom. The van der Waals surface area contributed by atoms with E-state index in [-0.39, 0.29) is 0 Å². The van der Waals surface area contributed by atoms with Crippen LogP contribution >= 0.6 is 22.6 Å². The van der Waals surface area contributed by atoms with Crippen LogP contribution < -0.4 is 5.32 Å². The summed E-state index contributed by atoms with van der Waals surface area (Å²) in [6, 6.07) is 9.67. The second kappa shape index (κ2) is 6.74. The predicted molar refractivity (Wildman–Crippen MR) is 82.3 cm³/mol. The number of likely N-dealkylation sites (N-methyl/N-ethyl adjacent to an activating group) is 1. The minimum Gasteiger partial charge on any atom is -0.314 e. The molecule has 1 aliphatic carbocycles. The smallest absolute Gasteiger partial charge is 0.0136 e. The molecule has 1 fully saturated rings. The minimum atomic E-state index is 0.683. The van der Waals surface area contributed by atoms with Crippen LogP contribution in [0.25, 0.3) is 0 Å². The van der Waals surface area contributed by atoms with Crippen molar-refractivity contribution in [1.29, 1.82) is 0 Å². The quantitative estimate of drug-likeness (QED) is 0.797. The fourth-order valence-corrected chi connectivity index (χ4v) is 3.26. The first-order valence-corrected chi connectivity index (χ1v) is 7.85. The Kier molecular flexibility index (Phi) is 5.29. The second-order valence-electron chi connectivity index (χ2n) is 5.04. The van der Waals surface area contributed by atoms with Crippen LogP contribution in [0.3, 0.4) is 0 Å². The molecular weight excluding hydrogens is 321 g/mol. The number of nitrogens with one attached hydrogen (secondary N) is 1. The number of hydrogen-bond acceptors (Lipinski definition) is 1. The Hall–Kier alpha value is -0.0900. The Labute approximate surface area is 119 Å². The van der Waals surface area contributed by atoms with E-state index in [9.17, 15) is 0 Å². The molecular formula is C15H22IN. The van der Waals surface area contributed by atoms with Gasteiger partial charge in [-0.15, -0.1) is 0 Å². The normalized spacial score (nSPS) is 18.5. The first-order valence-electron chi connectivity index (χ1n) is 6.77. The monoisotopic (exact) mass is 343 g/mol. The van der Waals surface area contributed by atoms with Crippen LogP contribution in [0.1, 0.15) is 38.2 Å². The number of benzene rings is 1. The van der Waals surface area contributed by atoms with Gasteiger partial charge in [-0.3, -0.25) is 0 Å². The second-order valence-corrected chi connectivity index (χ2v) is 6.28. The Morgan fingerprint density at radius 2 is 1.88 bits per heavy atom. The van der Waals surface area contributed by atoms with E-state index in [4.69, 9.17) is 0 Å². The van der Waals surface area contributed by atoms with Gasteiger partial charge in [-0.2, -0.15) is 0 Å². The molecule has 0 spiro atoms. The van der Waals surface area contributed by atoms with E-state index in [0.29, 0.717) is 6.04 Å². The van der Waals surface area contributed by atoms with Crippen molar-refractivity contribution in [3.8, 4) is 0 Å². The van der Waals surface area contributed by atoms with Crippen LogP contribution in [0.4, 0.5) is 0 Å². The number of halogens is 1. The summed E-state index contributed by atoms with van der Waals surface area (Å²) in [4.78, 5) is 0. The molecule has 1 atom stereocenters. The van der Waals surface area contributed by atoms with Crippen LogP contribution in [0.5, 0.6) is 0 Å². The lowest BCUT2D eigenvalue weighted by molar-refractivity contribution is 0.362. The molecule has 1 aromatic rings. The van der Waals surface area contributed by atoms with Crippen molar-refractivity contribution in [2.75, 3.05) is 6.54 Å². The lowest BCUT2D eigenvalue weighted by atomic mass is 9.92. The van der Waals surface area contributed by atoms with Crippen molar-refractivity contribution in [1.82, 2.24) is 5.32 Å². The molecule has 1 saturated carbocycles. The number of hydrogen-bond donors (Lipinski definition) is 1. The molecule has 2 rings (SSSR count). The van der Waals surface area contributed by atoms with Crippen LogP contribution in [-0.2, 0) is 6.42 Å². The summed E-state index contributed by atoms with van der Waals surface area (Å²) in [5.41, 5.74) is 1.48. The van der Waals surface area contributed by atoms with E-state index in [1.807, 2.05) is 0 Å². The summed E-state index contributed by atoms with van der Waals surface area (Å²) in [7, 11) is 0. The van der Waals surface area contributed by atoms with Crippen molar-refractivity contribution in [2.45, 2.75) is 45.1 Å². The van der Waals surface area contributed by atoms with Crippen molar-refractivity contribution >= 4 is 22.6 Å². The molecule has 1 aliphatic rings. The van der Waals surface area contributed by atoms with Crippen LogP contribution in [0.15, 0.2) is 24.3 Å². The first-order chi connectivity index (χ1) is 8.29. The van der Waals surface area contributed by atoms with E-state index in [1.54, 1.807) is 0 Å². The Bertz CT molecular complexity index is 327. The van der Waals surface area contributed by atoms with Gasteiger partial charge < -0.3 is 5.32 Å². The highest BCUT2D eigenvalue weighted by molar-refractivity contribution is 14.1. The van der Waals surface area contributed by atoms with Crippen molar-refractivity contribution < 1.29 is 0 Å². The van der Waals surface area contributed by atoms with Gasteiger partial charge in [-0.05, 0) is 72.0 Å². The molecule has 1 unspecified atom stereocenters. The van der Waals surface area contributed by atoms with E-state index in [1.165, 1.54) is 41.2 Å². The molecule has 0 radical (unpaired) electrons. The third-order valence-corrected chi connectivity index (χ3v) is 4.52. The number of rotatable bonds is 5. The van der Waals surface area contributed by atoms with Gasteiger partial charge in [-0.1, -0.05) is 31.9 Å². The summed E-state index contributed by atoms with van der Waals surface area (Å²) >= 11 is 2.37. The molecule has 0 aromatic heterocycles. The fourth-order valence-electron chi connectivity index (χ4n) is 2.90. The highest BCUT2D eigenvalue weighted by Crippen LogP contribution is 2.29. The highest BCUT2D eigenvalue weighted by Gasteiger charge is 2.24. The summed E-state index contributed by atoms with van der Waals surface area (Å²) < 4.78 is 1.33. The highest BCUT2D eigenvalue weighted by atomic mass is 127. The summed E-state index contributed by atoms with van der Waals surface area (Å²) in [5, 5.41) is 3.69. The summed E-state index contributed by atoms with van der Waals surface area (Å²) in [5.74, 6) is 0.897. The Balaban J connectivity index is 1.98. The van der Waals surface area contributed by atoms with E-state index < -0.39 is 0 Å². The maximum absolute atomic E-state index is 3.69. The fraction of sp³-hybridized carbons (Fsp3) is 0.600. The zero-order valence-corrected chi connectivity index (χ0v) is 12.7. The SMILES string of the molecule is CCNC(Cc1ccc(I)cc1)C1CCCC1. The van der Waals surface area contributed by atoms with Gasteiger partial charge in [0.1, 0.15) is 0 Å². The molecule has 2 heteroatoms. The maximum Gasteiger partial charge on any atom is 0.0136 e. The van der Waals surface area contributed by atoms with Crippen LogP contribution in [0.2, 0.25) is 0 Å². The third-order valence-electron chi connectivity index (χ3n) is 3.80. The molecule has 1 N–H and O–H groups in total.